The van der Waals surface area contributed by atoms with Gasteiger partial charge in [-0.05, 0) is 31.2 Å². The van der Waals surface area contributed by atoms with Gasteiger partial charge in [-0.2, -0.15) is 0 Å². The van der Waals surface area contributed by atoms with E-state index in [9.17, 15) is 4.79 Å². The Kier molecular flexibility index (Phi) is 6.03. The van der Waals surface area contributed by atoms with Crippen molar-refractivity contribution in [2.45, 2.75) is 31.9 Å². The standard InChI is InChI=1S/C16H20N4O4S/c17-25-24-8-10-1-2-12(3-10)20-16-13(5-18-9-19-16)15(22)14-4-11(6-21)7-23-14/h4-5,7,9-10,12,21H,1-3,6,8,17H2,(H,18,19,20). The number of nitrogens with one attached hydrogen (secondary N) is 1. The first-order valence-corrected chi connectivity index (χ1v) is 8.79. The number of carbonyl (C=O) groups is 1. The zero-order valence-corrected chi connectivity index (χ0v) is 14.4. The van der Waals surface area contributed by atoms with Gasteiger partial charge in [-0.15, -0.1) is 0 Å². The molecule has 1 fully saturated rings. The van der Waals surface area contributed by atoms with Crippen LogP contribution in [0.2, 0.25) is 0 Å². The van der Waals surface area contributed by atoms with E-state index >= 15 is 0 Å². The van der Waals surface area contributed by atoms with Crippen molar-refractivity contribution < 1.29 is 18.5 Å². The van der Waals surface area contributed by atoms with E-state index in [1.807, 2.05) is 0 Å². The number of carbonyl (C=O) groups excluding carboxylic acids is 1. The minimum absolute atomic E-state index is 0.152. The molecule has 9 heteroatoms. The lowest BCUT2D eigenvalue weighted by atomic mass is 10.1. The second-order valence-electron chi connectivity index (χ2n) is 5.99. The van der Waals surface area contributed by atoms with E-state index in [0.717, 1.165) is 31.5 Å². The number of aliphatic hydroxyl groups is 1. The smallest absolute Gasteiger partial charge is 0.233 e. The van der Waals surface area contributed by atoms with Gasteiger partial charge in [0, 0.05) is 17.8 Å². The minimum atomic E-state index is -0.319. The molecule has 0 saturated heterocycles. The first-order chi connectivity index (χ1) is 12.2. The number of hydrogen-bond acceptors (Lipinski definition) is 9. The molecule has 0 bridgehead atoms. The lowest BCUT2D eigenvalue weighted by Gasteiger charge is -2.15. The Labute approximate surface area is 149 Å². The second-order valence-corrected chi connectivity index (χ2v) is 6.42. The number of ketones is 1. The minimum Gasteiger partial charge on any atom is -0.460 e. The first-order valence-electron chi connectivity index (χ1n) is 7.99. The summed E-state index contributed by atoms with van der Waals surface area (Å²) in [5, 5.41) is 17.7. The van der Waals surface area contributed by atoms with Crippen molar-refractivity contribution in [1.29, 1.82) is 0 Å². The van der Waals surface area contributed by atoms with E-state index in [1.165, 1.54) is 24.9 Å². The van der Waals surface area contributed by atoms with Crippen LogP contribution in [0.1, 0.15) is 40.9 Å². The van der Waals surface area contributed by atoms with Gasteiger partial charge in [-0.1, -0.05) is 0 Å². The van der Waals surface area contributed by atoms with Crippen LogP contribution in [0.5, 0.6) is 0 Å². The molecule has 2 aromatic heterocycles. The molecular weight excluding hydrogens is 344 g/mol. The van der Waals surface area contributed by atoms with Crippen molar-refractivity contribution in [3.8, 4) is 0 Å². The van der Waals surface area contributed by atoms with Gasteiger partial charge in [0.15, 0.2) is 5.76 Å². The summed E-state index contributed by atoms with van der Waals surface area (Å²) in [6.45, 7) is 0.436. The van der Waals surface area contributed by atoms with Gasteiger partial charge in [0.2, 0.25) is 5.78 Å². The fourth-order valence-corrected chi connectivity index (χ4v) is 3.28. The van der Waals surface area contributed by atoms with Crippen LogP contribution in [-0.2, 0) is 10.8 Å². The lowest BCUT2D eigenvalue weighted by molar-refractivity contribution is 0.101. The number of rotatable bonds is 8. The molecule has 25 heavy (non-hydrogen) atoms. The van der Waals surface area contributed by atoms with E-state index < -0.39 is 0 Å². The average Bonchev–Trinajstić information content (AvgIpc) is 3.29. The Morgan fingerprint density at radius 1 is 1.52 bits per heavy atom. The second kappa shape index (κ2) is 8.43. The van der Waals surface area contributed by atoms with Crippen LogP contribution in [-0.4, -0.2) is 33.5 Å². The van der Waals surface area contributed by atoms with Crippen molar-refractivity contribution in [2.24, 2.45) is 11.1 Å². The number of nitrogens with two attached hydrogens (primary N) is 1. The zero-order valence-electron chi connectivity index (χ0n) is 13.6. The van der Waals surface area contributed by atoms with Gasteiger partial charge in [0.25, 0.3) is 0 Å². The fourth-order valence-electron chi connectivity index (χ4n) is 3.01. The van der Waals surface area contributed by atoms with Crippen molar-refractivity contribution in [1.82, 2.24) is 9.97 Å². The van der Waals surface area contributed by atoms with Crippen LogP contribution in [0.15, 0.2) is 29.3 Å². The summed E-state index contributed by atoms with van der Waals surface area (Å²) < 4.78 is 10.4. The van der Waals surface area contributed by atoms with Gasteiger partial charge in [-0.25, -0.2) is 9.97 Å². The molecule has 0 aliphatic heterocycles. The van der Waals surface area contributed by atoms with Crippen LogP contribution in [0, 0.1) is 5.92 Å². The van der Waals surface area contributed by atoms with Crippen molar-refractivity contribution in [2.75, 3.05) is 11.9 Å². The predicted molar refractivity (Wildman–Crippen MR) is 92.6 cm³/mol. The SMILES string of the molecule is NSOCC1CCC(Nc2ncncc2C(=O)c2cc(CO)co2)C1. The van der Waals surface area contributed by atoms with Gasteiger partial charge in [-0.3, -0.25) is 9.93 Å². The Morgan fingerprint density at radius 2 is 2.40 bits per heavy atom. The highest BCUT2D eigenvalue weighted by atomic mass is 32.2. The fraction of sp³-hybridized carbons (Fsp3) is 0.438. The summed E-state index contributed by atoms with van der Waals surface area (Å²) in [5.41, 5.74) is 0.893. The summed E-state index contributed by atoms with van der Waals surface area (Å²) >= 11 is 0.888. The number of nitrogens with zero attached hydrogens (tertiary/aromatic N) is 2. The molecule has 3 rings (SSSR count). The van der Waals surface area contributed by atoms with Crippen LogP contribution in [0.25, 0.3) is 0 Å². The Hall–Kier alpha value is -1.94. The molecule has 1 aliphatic rings. The summed E-state index contributed by atoms with van der Waals surface area (Å²) in [5.74, 6) is 0.758. The van der Waals surface area contributed by atoms with Crippen LogP contribution in [0.3, 0.4) is 0 Å². The Morgan fingerprint density at radius 3 is 3.16 bits per heavy atom. The highest BCUT2D eigenvalue weighted by molar-refractivity contribution is 7.92. The normalized spacial score (nSPS) is 19.9. The molecule has 8 nitrogen and oxygen atoms in total. The lowest BCUT2D eigenvalue weighted by Crippen LogP contribution is -2.20. The number of aromatic nitrogens is 2. The molecular formula is C16H20N4O4S. The van der Waals surface area contributed by atoms with Gasteiger partial charge < -0.3 is 19.0 Å². The van der Waals surface area contributed by atoms with Crippen LogP contribution < -0.4 is 10.5 Å². The third-order valence-corrected chi connectivity index (χ3v) is 4.54. The van der Waals surface area contributed by atoms with Gasteiger partial charge >= 0.3 is 0 Å². The summed E-state index contributed by atoms with van der Waals surface area (Å²) in [4.78, 5) is 20.8. The third-order valence-electron chi connectivity index (χ3n) is 4.27. The van der Waals surface area contributed by atoms with E-state index in [-0.39, 0.29) is 24.2 Å². The molecule has 0 spiro atoms. The topological polar surface area (TPSA) is 124 Å². The maximum Gasteiger partial charge on any atom is 0.233 e. The molecule has 4 N–H and O–H groups in total. The number of furan rings is 1. The highest BCUT2D eigenvalue weighted by Crippen LogP contribution is 2.29. The maximum absolute atomic E-state index is 12.6. The molecule has 2 atom stereocenters. The molecule has 0 amide bonds. The number of anilines is 1. The van der Waals surface area contributed by atoms with Gasteiger partial charge in [0.1, 0.15) is 12.1 Å². The van der Waals surface area contributed by atoms with Gasteiger partial charge in [0.05, 0.1) is 37.3 Å². The molecule has 0 aromatic carbocycles. The molecule has 2 aromatic rings. The van der Waals surface area contributed by atoms with E-state index in [0.29, 0.717) is 29.5 Å². The number of aliphatic hydroxyl groups excluding tert-OH is 1. The Balaban J connectivity index is 1.70. The molecule has 1 saturated carbocycles. The summed E-state index contributed by atoms with van der Waals surface area (Å²) in [7, 11) is 0. The molecule has 134 valence electrons. The van der Waals surface area contributed by atoms with E-state index in [2.05, 4.69) is 15.3 Å². The Bertz CT molecular complexity index is 724. The predicted octanol–water partition coefficient (Wildman–Crippen LogP) is 1.91. The summed E-state index contributed by atoms with van der Waals surface area (Å²) in [6.07, 6.45) is 7.16. The largest absolute Gasteiger partial charge is 0.460 e. The highest BCUT2D eigenvalue weighted by Gasteiger charge is 2.27. The van der Waals surface area contributed by atoms with Crippen molar-refractivity contribution in [3.63, 3.8) is 0 Å². The summed E-state index contributed by atoms with van der Waals surface area (Å²) in [6, 6.07) is 1.73. The first kappa shape index (κ1) is 17.9. The molecule has 2 heterocycles. The van der Waals surface area contributed by atoms with E-state index in [4.69, 9.17) is 18.8 Å². The third kappa shape index (κ3) is 4.37. The molecule has 0 radical (unpaired) electrons. The molecule has 1 aliphatic carbocycles. The van der Waals surface area contributed by atoms with E-state index in [1.54, 1.807) is 0 Å². The van der Waals surface area contributed by atoms with Crippen molar-refractivity contribution >= 4 is 23.8 Å². The maximum atomic E-state index is 12.6. The number of hydrogen-bond donors (Lipinski definition) is 3. The molecule has 2 unspecified atom stereocenters. The van der Waals surface area contributed by atoms with Crippen LogP contribution >= 0.6 is 12.2 Å². The monoisotopic (exact) mass is 364 g/mol. The quantitative estimate of drug-likeness (QED) is 0.366. The average molecular weight is 364 g/mol. The van der Waals surface area contributed by atoms with Crippen molar-refractivity contribution in [3.05, 3.63) is 41.7 Å². The van der Waals surface area contributed by atoms with Crippen LogP contribution in [0.4, 0.5) is 5.82 Å². The zero-order chi connectivity index (χ0) is 17.6.